The second-order valence-corrected chi connectivity index (χ2v) is 2.87. The van der Waals surface area contributed by atoms with Gasteiger partial charge in [-0.3, -0.25) is 14.9 Å². The molecule has 0 fully saturated rings. The van der Waals surface area contributed by atoms with E-state index >= 15 is 0 Å². The number of carbonyl (C=O) groups excluding carboxylic acids is 1. The Kier molecular flexibility index (Phi) is 3.51. The molecular weight excluding hydrogens is 240 g/mol. The number of rotatable bonds is 4. The van der Waals surface area contributed by atoms with Gasteiger partial charge in [0.15, 0.2) is 0 Å². The Labute approximate surface area is 93.3 Å². The summed E-state index contributed by atoms with van der Waals surface area (Å²) in [6.45, 7) is 0. The highest BCUT2D eigenvalue weighted by Gasteiger charge is 2.33. The number of alkyl halides is 2. The lowest BCUT2D eigenvalue weighted by Gasteiger charge is -2.08. The van der Waals surface area contributed by atoms with Gasteiger partial charge in [0.1, 0.15) is 5.56 Å². The number of nitrogens with zero attached hydrogens (tertiary/aromatic N) is 2. The number of halogens is 2. The molecule has 0 aliphatic heterocycles. The van der Waals surface area contributed by atoms with Crippen LogP contribution in [0.1, 0.15) is 22.3 Å². The summed E-state index contributed by atoms with van der Waals surface area (Å²) in [6, 6.07) is 0. The maximum atomic E-state index is 12.7. The van der Waals surface area contributed by atoms with E-state index in [-0.39, 0.29) is 0 Å². The van der Waals surface area contributed by atoms with Gasteiger partial charge in [0.2, 0.25) is 0 Å². The fraction of sp³-hybridized carbons (Fsp3) is 0.250. The van der Waals surface area contributed by atoms with Crippen molar-refractivity contribution in [2.24, 2.45) is 5.73 Å². The molecule has 0 saturated heterocycles. The summed E-state index contributed by atoms with van der Waals surface area (Å²) in [4.78, 5) is 23.9. The molecule has 0 unspecified atom stereocenters. The van der Waals surface area contributed by atoms with Crippen LogP contribution in [0.15, 0.2) is 6.20 Å². The third-order valence-corrected chi connectivity index (χ3v) is 1.92. The number of primary amides is 1. The average molecular weight is 247 g/mol. The second kappa shape index (κ2) is 4.68. The van der Waals surface area contributed by atoms with E-state index in [1.54, 1.807) is 0 Å². The lowest BCUT2D eigenvalue weighted by Crippen LogP contribution is -2.16. The summed E-state index contributed by atoms with van der Waals surface area (Å²) in [6.07, 6.45) is -2.52. The predicted octanol–water partition coefficient (Wildman–Crippen LogP) is 1.03. The van der Waals surface area contributed by atoms with Gasteiger partial charge in [0.25, 0.3) is 18.2 Å². The number of ether oxygens (including phenoxy) is 1. The standard InChI is InChI=1S/C8H7F2N3O4/c1-17-8-5(13(15)16)4(6(9)10)3(2-12-8)7(11)14/h2,6H,1H3,(H2,11,14). The summed E-state index contributed by atoms with van der Waals surface area (Å²) in [5.74, 6) is -1.83. The van der Waals surface area contributed by atoms with Gasteiger partial charge in [-0.1, -0.05) is 0 Å². The van der Waals surface area contributed by atoms with Crippen molar-refractivity contribution in [3.05, 3.63) is 27.4 Å². The highest BCUT2D eigenvalue weighted by molar-refractivity contribution is 5.95. The molecule has 7 nitrogen and oxygen atoms in total. The molecule has 92 valence electrons. The molecule has 0 spiro atoms. The summed E-state index contributed by atoms with van der Waals surface area (Å²) in [5.41, 5.74) is 1.99. The molecule has 1 amide bonds. The summed E-state index contributed by atoms with van der Waals surface area (Å²) >= 11 is 0. The van der Waals surface area contributed by atoms with E-state index in [9.17, 15) is 23.7 Å². The zero-order valence-electron chi connectivity index (χ0n) is 8.52. The quantitative estimate of drug-likeness (QED) is 0.631. The Balaban J connectivity index is 3.65. The van der Waals surface area contributed by atoms with Crippen LogP contribution >= 0.6 is 0 Å². The van der Waals surface area contributed by atoms with Crippen LogP contribution in [-0.4, -0.2) is 22.9 Å². The van der Waals surface area contributed by atoms with Crippen LogP contribution in [0.25, 0.3) is 0 Å². The maximum Gasteiger partial charge on any atom is 0.340 e. The largest absolute Gasteiger partial charge is 0.476 e. The van der Waals surface area contributed by atoms with E-state index in [1.807, 2.05) is 0 Å². The molecule has 0 aromatic carbocycles. The van der Waals surface area contributed by atoms with E-state index in [0.717, 1.165) is 13.3 Å². The molecule has 1 heterocycles. The monoisotopic (exact) mass is 247 g/mol. The van der Waals surface area contributed by atoms with Crippen LogP contribution in [0.5, 0.6) is 5.88 Å². The number of nitrogens with two attached hydrogens (primary N) is 1. The van der Waals surface area contributed by atoms with Gasteiger partial charge < -0.3 is 10.5 Å². The lowest BCUT2D eigenvalue weighted by molar-refractivity contribution is -0.387. The fourth-order valence-electron chi connectivity index (χ4n) is 1.24. The number of methoxy groups -OCH3 is 1. The summed E-state index contributed by atoms with van der Waals surface area (Å²) in [7, 11) is 1.04. The highest BCUT2D eigenvalue weighted by Crippen LogP contribution is 2.37. The van der Waals surface area contributed by atoms with E-state index < -0.39 is 40.0 Å². The van der Waals surface area contributed by atoms with Crippen molar-refractivity contribution in [1.29, 1.82) is 0 Å². The number of aromatic nitrogens is 1. The molecule has 0 aliphatic rings. The van der Waals surface area contributed by atoms with Crippen molar-refractivity contribution >= 4 is 11.6 Å². The Morgan fingerprint density at radius 3 is 2.59 bits per heavy atom. The van der Waals surface area contributed by atoms with E-state index in [1.165, 1.54) is 0 Å². The Morgan fingerprint density at radius 2 is 2.24 bits per heavy atom. The zero-order valence-corrected chi connectivity index (χ0v) is 8.52. The normalized spacial score (nSPS) is 10.4. The first-order valence-corrected chi connectivity index (χ1v) is 4.19. The van der Waals surface area contributed by atoms with Gasteiger partial charge in [-0.2, -0.15) is 0 Å². The van der Waals surface area contributed by atoms with Crippen LogP contribution in [0, 0.1) is 10.1 Å². The predicted molar refractivity (Wildman–Crippen MR) is 50.9 cm³/mol. The molecule has 2 N–H and O–H groups in total. The molecule has 1 rings (SSSR count). The number of nitro groups is 1. The molecule has 0 atom stereocenters. The number of pyridine rings is 1. The van der Waals surface area contributed by atoms with Gasteiger partial charge in [-0.05, 0) is 0 Å². The van der Waals surface area contributed by atoms with Gasteiger partial charge in [0.05, 0.1) is 17.6 Å². The van der Waals surface area contributed by atoms with Crippen molar-refractivity contribution in [2.45, 2.75) is 6.43 Å². The van der Waals surface area contributed by atoms with Gasteiger partial charge >= 0.3 is 5.69 Å². The van der Waals surface area contributed by atoms with Gasteiger partial charge in [-0.25, -0.2) is 13.8 Å². The van der Waals surface area contributed by atoms with Crippen LogP contribution in [0.2, 0.25) is 0 Å². The first-order valence-electron chi connectivity index (χ1n) is 4.19. The lowest BCUT2D eigenvalue weighted by atomic mass is 10.1. The number of amides is 1. The minimum atomic E-state index is -3.24. The zero-order chi connectivity index (χ0) is 13.2. The third-order valence-electron chi connectivity index (χ3n) is 1.92. The number of hydrogen-bond acceptors (Lipinski definition) is 5. The van der Waals surface area contributed by atoms with E-state index in [4.69, 9.17) is 5.73 Å². The molecule has 0 saturated carbocycles. The first kappa shape index (κ1) is 12.7. The average Bonchev–Trinajstić information content (AvgIpc) is 2.26. The molecule has 9 heteroatoms. The topological polar surface area (TPSA) is 108 Å². The van der Waals surface area contributed by atoms with Gasteiger partial charge in [0, 0.05) is 6.20 Å². The van der Waals surface area contributed by atoms with Crippen LogP contribution in [0.4, 0.5) is 14.5 Å². The fourth-order valence-corrected chi connectivity index (χ4v) is 1.24. The molecular formula is C8H7F2N3O4. The molecule has 1 aromatic heterocycles. The van der Waals surface area contributed by atoms with E-state index in [2.05, 4.69) is 9.72 Å². The van der Waals surface area contributed by atoms with Crippen molar-refractivity contribution < 1.29 is 23.2 Å². The Hall–Kier alpha value is -2.32. The molecule has 17 heavy (non-hydrogen) atoms. The number of carbonyl (C=O) groups is 1. The molecule has 0 radical (unpaired) electrons. The van der Waals surface area contributed by atoms with Crippen molar-refractivity contribution in [1.82, 2.24) is 4.98 Å². The maximum absolute atomic E-state index is 12.7. The van der Waals surface area contributed by atoms with Crippen molar-refractivity contribution in [3.8, 4) is 5.88 Å². The number of hydrogen-bond donors (Lipinski definition) is 1. The summed E-state index contributed by atoms with van der Waals surface area (Å²) in [5, 5.41) is 10.7. The smallest absolute Gasteiger partial charge is 0.340 e. The van der Waals surface area contributed by atoms with Gasteiger partial charge in [-0.15, -0.1) is 0 Å². The Morgan fingerprint density at radius 1 is 1.65 bits per heavy atom. The first-order chi connectivity index (χ1) is 7.90. The van der Waals surface area contributed by atoms with Crippen LogP contribution < -0.4 is 10.5 Å². The van der Waals surface area contributed by atoms with Crippen LogP contribution in [-0.2, 0) is 0 Å². The summed E-state index contributed by atoms with van der Waals surface area (Å²) < 4.78 is 30.0. The minimum Gasteiger partial charge on any atom is -0.476 e. The molecule has 0 aliphatic carbocycles. The van der Waals surface area contributed by atoms with Crippen LogP contribution in [0.3, 0.4) is 0 Å². The third kappa shape index (κ3) is 2.27. The van der Waals surface area contributed by atoms with E-state index in [0.29, 0.717) is 0 Å². The minimum absolute atomic E-state index is 0.602. The van der Waals surface area contributed by atoms with Crippen molar-refractivity contribution in [3.63, 3.8) is 0 Å². The highest BCUT2D eigenvalue weighted by atomic mass is 19.3. The molecule has 0 bridgehead atoms. The van der Waals surface area contributed by atoms with Crippen molar-refractivity contribution in [2.75, 3.05) is 7.11 Å². The second-order valence-electron chi connectivity index (χ2n) is 2.87. The Bertz CT molecular complexity index is 478. The SMILES string of the molecule is COc1ncc(C(N)=O)c(C(F)F)c1[N+](=O)[O-]. The molecule has 1 aromatic rings.